The van der Waals surface area contributed by atoms with Crippen molar-refractivity contribution >= 4 is 22.6 Å². The highest BCUT2D eigenvalue weighted by Crippen LogP contribution is 2.22. The molecule has 1 aromatic carbocycles. The van der Waals surface area contributed by atoms with Crippen molar-refractivity contribution in [2.24, 2.45) is 0 Å². The summed E-state index contributed by atoms with van der Waals surface area (Å²) in [5.74, 6) is 0.417. The van der Waals surface area contributed by atoms with E-state index in [1.807, 2.05) is 25.1 Å². The van der Waals surface area contributed by atoms with Gasteiger partial charge < -0.3 is 9.40 Å². The predicted octanol–water partition coefficient (Wildman–Crippen LogP) is 2.87. The van der Waals surface area contributed by atoms with E-state index in [1.165, 1.54) is 4.57 Å². The molecule has 0 fully saturated rings. The minimum Gasteiger partial charge on any atom is -0.428 e. The number of aryl methyl sites for hydroxylation is 1. The smallest absolute Gasteiger partial charge is 0.333 e. The van der Waals surface area contributed by atoms with Crippen LogP contribution in [0.15, 0.2) is 39.5 Å². The summed E-state index contributed by atoms with van der Waals surface area (Å²) in [7, 11) is 0. The maximum atomic E-state index is 11.9. The van der Waals surface area contributed by atoms with Gasteiger partial charge in [-0.3, -0.25) is 0 Å². The Kier molecular flexibility index (Phi) is 2.12. The van der Waals surface area contributed by atoms with Crippen LogP contribution >= 0.6 is 11.6 Å². The third-order valence-electron chi connectivity index (χ3n) is 2.69. The van der Waals surface area contributed by atoms with E-state index in [9.17, 15) is 4.79 Å². The topological polar surface area (TPSA) is 50.9 Å². The van der Waals surface area contributed by atoms with E-state index in [1.54, 1.807) is 12.1 Å². The summed E-state index contributed by atoms with van der Waals surface area (Å²) in [4.78, 5) is 14.7. The summed E-state index contributed by atoms with van der Waals surface area (Å²) < 4.78 is 6.76. The number of furan rings is 1. The third kappa shape index (κ3) is 1.49. The lowest BCUT2D eigenvalue weighted by Crippen LogP contribution is -2.14. The molecule has 0 saturated carbocycles. The summed E-state index contributed by atoms with van der Waals surface area (Å²) in [6, 6.07) is 8.97. The third-order valence-corrected chi connectivity index (χ3v) is 2.89. The van der Waals surface area contributed by atoms with Crippen molar-refractivity contribution < 1.29 is 4.42 Å². The lowest BCUT2D eigenvalue weighted by atomic mass is 10.2. The van der Waals surface area contributed by atoms with Gasteiger partial charge in [0.05, 0.1) is 11.0 Å². The van der Waals surface area contributed by atoms with Gasteiger partial charge in [-0.1, -0.05) is 12.1 Å². The van der Waals surface area contributed by atoms with Crippen LogP contribution in [0.25, 0.3) is 16.9 Å². The quantitative estimate of drug-likeness (QED) is 0.720. The fourth-order valence-electron chi connectivity index (χ4n) is 1.96. The van der Waals surface area contributed by atoms with Crippen LogP contribution in [0.3, 0.4) is 0 Å². The largest absolute Gasteiger partial charge is 0.428 e. The zero-order valence-electron chi connectivity index (χ0n) is 9.03. The first-order chi connectivity index (χ1) is 8.16. The Hall–Kier alpha value is -1.94. The molecule has 0 spiro atoms. The molecule has 2 heterocycles. The summed E-state index contributed by atoms with van der Waals surface area (Å²) in [6.07, 6.45) is 0. The lowest BCUT2D eigenvalue weighted by molar-refractivity contribution is 0.540. The Bertz CT molecular complexity index is 751. The van der Waals surface area contributed by atoms with Gasteiger partial charge in [0, 0.05) is 6.07 Å². The van der Waals surface area contributed by atoms with Crippen molar-refractivity contribution in [2.45, 2.75) is 6.92 Å². The Morgan fingerprint density at radius 2 is 2.12 bits per heavy atom. The van der Waals surface area contributed by atoms with Gasteiger partial charge in [-0.05, 0) is 36.2 Å². The molecule has 0 aliphatic carbocycles. The van der Waals surface area contributed by atoms with Crippen LogP contribution in [0, 0.1) is 6.92 Å². The predicted molar refractivity (Wildman–Crippen MR) is 65.9 cm³/mol. The number of fused-ring (bicyclic) bond motifs is 1. The molecule has 0 amide bonds. The van der Waals surface area contributed by atoms with Crippen LogP contribution in [0.2, 0.25) is 5.22 Å². The van der Waals surface area contributed by atoms with Gasteiger partial charge in [0.15, 0.2) is 5.22 Å². The summed E-state index contributed by atoms with van der Waals surface area (Å²) in [5.41, 5.74) is 2.35. The Morgan fingerprint density at radius 1 is 1.29 bits per heavy atom. The molecule has 2 aromatic heterocycles. The van der Waals surface area contributed by atoms with E-state index in [-0.39, 0.29) is 10.9 Å². The van der Waals surface area contributed by atoms with Crippen LogP contribution < -0.4 is 5.69 Å². The maximum Gasteiger partial charge on any atom is 0.333 e. The van der Waals surface area contributed by atoms with E-state index in [4.69, 9.17) is 16.0 Å². The van der Waals surface area contributed by atoms with Crippen molar-refractivity contribution in [3.63, 3.8) is 0 Å². The molecular formula is C12H9ClN2O2. The SMILES string of the molecule is Cc1cccc2[nH]c(=O)n(-c3ccc(Cl)o3)c12. The number of H-pyrrole nitrogens is 1. The summed E-state index contributed by atoms with van der Waals surface area (Å²) in [6.45, 7) is 1.94. The average molecular weight is 249 g/mol. The Morgan fingerprint density at radius 3 is 2.82 bits per heavy atom. The number of aromatic nitrogens is 2. The highest BCUT2D eigenvalue weighted by molar-refractivity contribution is 6.28. The van der Waals surface area contributed by atoms with E-state index in [2.05, 4.69) is 4.98 Å². The zero-order valence-corrected chi connectivity index (χ0v) is 9.78. The molecule has 3 aromatic rings. The van der Waals surface area contributed by atoms with Crippen molar-refractivity contribution in [1.29, 1.82) is 0 Å². The number of aromatic amines is 1. The molecule has 86 valence electrons. The monoisotopic (exact) mass is 248 g/mol. The number of nitrogens with zero attached hydrogens (tertiary/aromatic N) is 1. The minimum absolute atomic E-state index is 0.236. The summed E-state index contributed by atoms with van der Waals surface area (Å²) >= 11 is 5.73. The second kappa shape index (κ2) is 3.53. The van der Waals surface area contributed by atoms with Gasteiger partial charge in [0.2, 0.25) is 5.88 Å². The van der Waals surface area contributed by atoms with E-state index < -0.39 is 0 Å². The number of nitrogens with one attached hydrogen (secondary N) is 1. The molecule has 4 nitrogen and oxygen atoms in total. The highest BCUT2D eigenvalue weighted by Gasteiger charge is 2.13. The van der Waals surface area contributed by atoms with Gasteiger partial charge in [0.25, 0.3) is 0 Å². The second-order valence-electron chi connectivity index (χ2n) is 3.81. The molecular weight excluding hydrogens is 240 g/mol. The van der Waals surface area contributed by atoms with Gasteiger partial charge in [-0.25, -0.2) is 9.36 Å². The number of rotatable bonds is 1. The molecule has 0 bridgehead atoms. The standard InChI is InChI=1S/C12H9ClN2O2/c1-7-3-2-4-8-11(7)15(12(16)14-8)10-6-5-9(13)17-10/h2-6H,1H3,(H,14,16). The first kappa shape index (κ1) is 10.2. The lowest BCUT2D eigenvalue weighted by Gasteiger charge is -2.01. The molecule has 0 unspecified atom stereocenters. The van der Waals surface area contributed by atoms with E-state index >= 15 is 0 Å². The molecule has 3 rings (SSSR count). The van der Waals surface area contributed by atoms with Crippen molar-refractivity contribution in [3.05, 3.63) is 51.6 Å². The average Bonchev–Trinajstić information content (AvgIpc) is 2.82. The molecule has 0 atom stereocenters. The number of benzene rings is 1. The van der Waals surface area contributed by atoms with Crippen molar-refractivity contribution in [3.8, 4) is 5.88 Å². The Balaban J connectivity index is 2.43. The molecule has 0 saturated heterocycles. The molecule has 17 heavy (non-hydrogen) atoms. The first-order valence-corrected chi connectivity index (χ1v) is 5.50. The van der Waals surface area contributed by atoms with Crippen molar-refractivity contribution in [1.82, 2.24) is 9.55 Å². The molecule has 0 aliphatic rings. The number of halogens is 1. The normalized spacial score (nSPS) is 11.2. The number of hydrogen-bond acceptors (Lipinski definition) is 2. The minimum atomic E-state index is -0.236. The molecule has 1 N–H and O–H groups in total. The number of imidazole rings is 1. The van der Waals surface area contributed by atoms with Gasteiger partial charge in [-0.2, -0.15) is 0 Å². The van der Waals surface area contributed by atoms with Crippen LogP contribution in [0.1, 0.15) is 5.56 Å². The molecule has 5 heteroatoms. The van der Waals surface area contributed by atoms with Crippen LogP contribution in [0.5, 0.6) is 0 Å². The van der Waals surface area contributed by atoms with Crippen LogP contribution in [-0.4, -0.2) is 9.55 Å². The zero-order chi connectivity index (χ0) is 12.0. The second-order valence-corrected chi connectivity index (χ2v) is 4.19. The van der Waals surface area contributed by atoms with Crippen molar-refractivity contribution in [2.75, 3.05) is 0 Å². The maximum absolute atomic E-state index is 11.9. The van der Waals surface area contributed by atoms with Crippen LogP contribution in [-0.2, 0) is 0 Å². The highest BCUT2D eigenvalue weighted by atomic mass is 35.5. The molecule has 0 radical (unpaired) electrons. The van der Waals surface area contributed by atoms with E-state index in [0.717, 1.165) is 16.6 Å². The fourth-order valence-corrected chi connectivity index (χ4v) is 2.11. The number of para-hydroxylation sites is 1. The van der Waals surface area contributed by atoms with E-state index in [0.29, 0.717) is 5.88 Å². The van der Waals surface area contributed by atoms with Gasteiger partial charge >= 0.3 is 5.69 Å². The van der Waals surface area contributed by atoms with Crippen LogP contribution in [0.4, 0.5) is 0 Å². The number of hydrogen-bond donors (Lipinski definition) is 1. The molecule has 0 aliphatic heterocycles. The fraction of sp³-hybridized carbons (Fsp3) is 0.0833. The Labute approximate surface area is 101 Å². The van der Waals surface area contributed by atoms with Gasteiger partial charge in [0.1, 0.15) is 0 Å². The first-order valence-electron chi connectivity index (χ1n) is 5.13. The van der Waals surface area contributed by atoms with Gasteiger partial charge in [-0.15, -0.1) is 0 Å². The summed E-state index contributed by atoms with van der Waals surface area (Å²) in [5, 5.41) is 0.259.